The van der Waals surface area contributed by atoms with E-state index in [1.807, 2.05) is 61.5 Å². The fourth-order valence-corrected chi connectivity index (χ4v) is 4.78. The first kappa shape index (κ1) is 22.1. The molecule has 4 aromatic rings. The van der Waals surface area contributed by atoms with Crippen LogP contribution in [0.1, 0.15) is 36.9 Å². The van der Waals surface area contributed by atoms with E-state index in [1.54, 1.807) is 12.1 Å². The van der Waals surface area contributed by atoms with Gasteiger partial charge in [-0.1, -0.05) is 54.6 Å². The van der Waals surface area contributed by atoms with E-state index >= 15 is 0 Å². The third-order valence-electron chi connectivity index (χ3n) is 6.67. The highest BCUT2D eigenvalue weighted by molar-refractivity contribution is 5.80. The molecule has 34 heavy (non-hydrogen) atoms. The van der Waals surface area contributed by atoms with E-state index in [0.29, 0.717) is 6.54 Å². The highest BCUT2D eigenvalue weighted by Gasteiger charge is 2.28. The van der Waals surface area contributed by atoms with Crippen LogP contribution in [0.5, 0.6) is 0 Å². The van der Waals surface area contributed by atoms with Crippen molar-refractivity contribution in [1.82, 2.24) is 14.9 Å². The number of fused-ring (bicyclic) bond motifs is 1. The Bertz CT molecular complexity index is 1280. The van der Waals surface area contributed by atoms with Crippen LogP contribution < -0.4 is 10.2 Å². The number of piperidine rings is 1. The minimum atomic E-state index is -0.236. The number of amides is 1. The van der Waals surface area contributed by atoms with Gasteiger partial charge in [0.05, 0.1) is 23.6 Å². The van der Waals surface area contributed by atoms with E-state index < -0.39 is 0 Å². The van der Waals surface area contributed by atoms with Crippen LogP contribution in [0.4, 0.5) is 10.3 Å². The van der Waals surface area contributed by atoms with Gasteiger partial charge in [0.15, 0.2) is 0 Å². The molecule has 0 aliphatic carbocycles. The van der Waals surface area contributed by atoms with Gasteiger partial charge in [-0.3, -0.25) is 4.79 Å². The van der Waals surface area contributed by atoms with Crippen molar-refractivity contribution in [3.8, 4) is 0 Å². The maximum Gasteiger partial charge on any atom is 0.223 e. The number of rotatable bonds is 6. The van der Waals surface area contributed by atoms with Crippen molar-refractivity contribution in [2.75, 3.05) is 18.0 Å². The predicted octanol–water partition coefficient (Wildman–Crippen LogP) is 5.32. The Hall–Kier alpha value is -3.67. The van der Waals surface area contributed by atoms with Crippen molar-refractivity contribution in [3.63, 3.8) is 0 Å². The lowest BCUT2D eigenvalue weighted by Crippen LogP contribution is -2.42. The number of nitrogens with zero attached hydrogens (tertiary/aromatic N) is 3. The predicted molar refractivity (Wildman–Crippen MR) is 133 cm³/mol. The first-order valence-corrected chi connectivity index (χ1v) is 11.9. The van der Waals surface area contributed by atoms with Crippen LogP contribution in [0.2, 0.25) is 0 Å². The van der Waals surface area contributed by atoms with Crippen LogP contribution >= 0.6 is 0 Å². The minimum Gasteiger partial charge on any atom is -0.349 e. The first-order valence-electron chi connectivity index (χ1n) is 11.9. The van der Waals surface area contributed by atoms with Crippen molar-refractivity contribution < 1.29 is 9.18 Å². The number of imidazole rings is 1. The van der Waals surface area contributed by atoms with Crippen molar-refractivity contribution in [1.29, 1.82) is 0 Å². The third-order valence-corrected chi connectivity index (χ3v) is 6.67. The largest absolute Gasteiger partial charge is 0.349 e. The Morgan fingerprint density at radius 3 is 2.53 bits per heavy atom. The summed E-state index contributed by atoms with van der Waals surface area (Å²) in [5.74, 6) is 0.745. The van der Waals surface area contributed by atoms with Crippen LogP contribution in [-0.2, 0) is 11.3 Å². The van der Waals surface area contributed by atoms with Crippen molar-refractivity contribution in [3.05, 3.63) is 95.8 Å². The molecule has 174 valence electrons. The number of carbonyl (C=O) groups excluding carboxylic acids is 1. The number of benzene rings is 3. The number of aromatic nitrogens is 2. The van der Waals surface area contributed by atoms with Crippen LogP contribution in [0.25, 0.3) is 11.0 Å². The monoisotopic (exact) mass is 456 g/mol. The van der Waals surface area contributed by atoms with Crippen LogP contribution in [0.15, 0.2) is 78.9 Å². The third kappa shape index (κ3) is 4.67. The second kappa shape index (κ2) is 9.67. The average molecular weight is 457 g/mol. The van der Waals surface area contributed by atoms with Gasteiger partial charge in [-0.25, -0.2) is 9.37 Å². The normalized spacial score (nSPS) is 15.4. The van der Waals surface area contributed by atoms with Gasteiger partial charge in [-0.05, 0) is 55.2 Å². The van der Waals surface area contributed by atoms with E-state index in [1.165, 1.54) is 6.07 Å². The van der Waals surface area contributed by atoms with E-state index in [9.17, 15) is 9.18 Å². The van der Waals surface area contributed by atoms with Gasteiger partial charge in [0.1, 0.15) is 5.82 Å². The molecule has 1 fully saturated rings. The molecule has 3 aromatic carbocycles. The molecule has 2 heterocycles. The molecule has 0 saturated carbocycles. The summed E-state index contributed by atoms with van der Waals surface area (Å²) in [5, 5.41) is 3.18. The summed E-state index contributed by atoms with van der Waals surface area (Å²) in [4.78, 5) is 20.1. The summed E-state index contributed by atoms with van der Waals surface area (Å²) in [7, 11) is 0. The minimum absolute atomic E-state index is 0.0107. The number of halogens is 1. The molecule has 1 N–H and O–H groups in total. The van der Waals surface area contributed by atoms with Gasteiger partial charge in [-0.2, -0.15) is 0 Å². The maximum atomic E-state index is 13.8. The van der Waals surface area contributed by atoms with Crippen LogP contribution in [0.3, 0.4) is 0 Å². The number of anilines is 1. The number of hydrogen-bond acceptors (Lipinski definition) is 3. The first-order chi connectivity index (χ1) is 16.6. The Labute approximate surface area is 199 Å². The van der Waals surface area contributed by atoms with Crippen molar-refractivity contribution in [2.24, 2.45) is 5.92 Å². The molecular weight excluding hydrogens is 427 g/mol. The zero-order valence-electron chi connectivity index (χ0n) is 19.3. The lowest BCUT2D eigenvalue weighted by atomic mass is 9.95. The number of hydrogen-bond donors (Lipinski definition) is 1. The Kier molecular flexibility index (Phi) is 6.30. The lowest BCUT2D eigenvalue weighted by molar-refractivity contribution is -0.126. The summed E-state index contributed by atoms with van der Waals surface area (Å²) in [5.41, 5.74) is 3.96. The molecule has 1 aliphatic rings. The highest BCUT2D eigenvalue weighted by Crippen LogP contribution is 2.28. The molecule has 1 saturated heterocycles. The number of carbonyl (C=O) groups is 1. The second-order valence-corrected chi connectivity index (χ2v) is 9.02. The summed E-state index contributed by atoms with van der Waals surface area (Å²) < 4.78 is 16.0. The van der Waals surface area contributed by atoms with Gasteiger partial charge >= 0.3 is 0 Å². The van der Waals surface area contributed by atoms with Crippen LogP contribution in [0, 0.1) is 11.7 Å². The summed E-state index contributed by atoms with van der Waals surface area (Å²) >= 11 is 0. The van der Waals surface area contributed by atoms with E-state index in [2.05, 4.69) is 20.9 Å². The van der Waals surface area contributed by atoms with Gasteiger partial charge in [0.25, 0.3) is 0 Å². The number of nitrogens with one attached hydrogen (secondary N) is 1. The zero-order valence-corrected chi connectivity index (χ0v) is 19.3. The fourth-order valence-electron chi connectivity index (χ4n) is 4.78. The van der Waals surface area contributed by atoms with E-state index in [0.717, 1.165) is 54.0 Å². The molecular formula is C28H29FN4O. The van der Waals surface area contributed by atoms with Crippen LogP contribution in [-0.4, -0.2) is 28.5 Å². The second-order valence-electron chi connectivity index (χ2n) is 9.02. The maximum absolute atomic E-state index is 13.8. The standard InChI is InChI=1S/C28H29FN4O/c1-20(22-9-3-2-4-10-22)30-27(34)23-14-16-32(17-15-23)28-31-25-12-5-6-13-26(25)33(28)19-21-8-7-11-24(29)18-21/h2-13,18,20,23H,14-17,19H2,1H3,(H,30,34)/t20-/m1/s1. The molecule has 5 rings (SSSR count). The molecule has 1 amide bonds. The molecule has 1 aromatic heterocycles. The molecule has 5 nitrogen and oxygen atoms in total. The molecule has 1 atom stereocenters. The Balaban J connectivity index is 1.30. The van der Waals surface area contributed by atoms with E-state index in [4.69, 9.17) is 4.98 Å². The van der Waals surface area contributed by atoms with Gasteiger partial charge in [0, 0.05) is 19.0 Å². The van der Waals surface area contributed by atoms with Crippen molar-refractivity contribution >= 4 is 22.9 Å². The van der Waals surface area contributed by atoms with Gasteiger partial charge < -0.3 is 14.8 Å². The Morgan fingerprint density at radius 1 is 1.03 bits per heavy atom. The Morgan fingerprint density at radius 2 is 1.76 bits per heavy atom. The SMILES string of the molecule is C[C@@H](NC(=O)C1CCN(c2nc3ccccc3n2Cc2cccc(F)c2)CC1)c1ccccc1. The number of para-hydroxylation sites is 2. The molecule has 0 radical (unpaired) electrons. The fraction of sp³-hybridized carbons (Fsp3) is 0.286. The smallest absolute Gasteiger partial charge is 0.223 e. The molecule has 0 unspecified atom stereocenters. The highest BCUT2D eigenvalue weighted by atomic mass is 19.1. The lowest BCUT2D eigenvalue weighted by Gasteiger charge is -2.33. The summed E-state index contributed by atoms with van der Waals surface area (Å²) in [6.07, 6.45) is 1.55. The molecule has 0 bridgehead atoms. The van der Waals surface area contributed by atoms with Gasteiger partial charge in [0.2, 0.25) is 11.9 Å². The molecule has 6 heteroatoms. The molecule has 0 spiro atoms. The van der Waals surface area contributed by atoms with Crippen molar-refractivity contribution in [2.45, 2.75) is 32.4 Å². The topological polar surface area (TPSA) is 50.2 Å². The quantitative estimate of drug-likeness (QED) is 0.427. The van der Waals surface area contributed by atoms with E-state index in [-0.39, 0.29) is 23.7 Å². The van der Waals surface area contributed by atoms with Gasteiger partial charge in [-0.15, -0.1) is 0 Å². The molecule has 1 aliphatic heterocycles. The zero-order chi connectivity index (χ0) is 23.5. The summed E-state index contributed by atoms with van der Waals surface area (Å²) in [6.45, 7) is 4.08. The summed E-state index contributed by atoms with van der Waals surface area (Å²) in [6, 6.07) is 24.8. The average Bonchev–Trinajstić information content (AvgIpc) is 3.23.